The van der Waals surface area contributed by atoms with E-state index in [-0.39, 0.29) is 6.54 Å². The second kappa shape index (κ2) is 5.97. The first kappa shape index (κ1) is 13.9. The molecule has 0 aliphatic heterocycles. The molecule has 1 N–H and O–H groups in total. The Labute approximate surface area is 108 Å². The maximum atomic E-state index is 13.2. The van der Waals surface area contributed by atoms with Gasteiger partial charge in [0.2, 0.25) is 0 Å². The van der Waals surface area contributed by atoms with Gasteiger partial charge >= 0.3 is 6.09 Å². The van der Waals surface area contributed by atoms with Gasteiger partial charge < -0.3 is 10.0 Å². The van der Waals surface area contributed by atoms with Gasteiger partial charge in [-0.05, 0) is 32.3 Å². The number of likely N-dealkylation sites (N-methyl/N-ethyl adjacent to an activating group) is 1. The maximum Gasteiger partial charge on any atom is 0.411 e. The topological polar surface area (TPSA) is 43.8 Å². The van der Waals surface area contributed by atoms with Crippen LogP contribution in [0.4, 0.5) is 14.9 Å². The average Bonchev–Trinajstić information content (AvgIpc) is 2.14. The summed E-state index contributed by atoms with van der Waals surface area (Å²) in [7, 11) is 3.70. The molecular weight excluding hydrogens is 291 g/mol. The highest BCUT2D eigenvalue weighted by molar-refractivity contribution is 9.10. The zero-order chi connectivity index (χ0) is 13.0. The molecule has 1 amide bonds. The van der Waals surface area contributed by atoms with Crippen LogP contribution in [0.2, 0.25) is 0 Å². The van der Waals surface area contributed by atoms with Crippen molar-refractivity contribution < 1.29 is 14.3 Å². The van der Waals surface area contributed by atoms with Crippen molar-refractivity contribution in [2.24, 2.45) is 0 Å². The van der Waals surface area contributed by atoms with Crippen molar-refractivity contribution >= 4 is 27.7 Å². The molecule has 4 nitrogen and oxygen atoms in total. The third-order valence-corrected chi connectivity index (χ3v) is 2.62. The summed E-state index contributed by atoms with van der Waals surface area (Å²) in [5.74, 6) is -0.467. The van der Waals surface area contributed by atoms with Crippen molar-refractivity contribution in [3.8, 4) is 0 Å². The fourth-order valence-electron chi connectivity index (χ4n) is 1.33. The summed E-state index contributed by atoms with van der Waals surface area (Å²) in [6.45, 7) is 0.860. The fourth-order valence-corrected chi connectivity index (χ4v) is 1.78. The van der Waals surface area contributed by atoms with E-state index < -0.39 is 11.9 Å². The molecular formula is C11H14BrFN2O2. The summed E-state index contributed by atoms with van der Waals surface area (Å²) in [4.78, 5) is 14.1. The van der Waals surface area contributed by atoms with Gasteiger partial charge in [-0.1, -0.05) is 15.9 Å². The molecule has 1 rings (SSSR count). The number of nitrogens with zero attached hydrogens (tertiary/aromatic N) is 2. The molecule has 0 atom stereocenters. The number of anilines is 1. The molecule has 94 valence electrons. The van der Waals surface area contributed by atoms with Crippen LogP contribution in [-0.2, 0) is 0 Å². The van der Waals surface area contributed by atoms with Gasteiger partial charge in [0.1, 0.15) is 5.82 Å². The Hall–Kier alpha value is -1.14. The van der Waals surface area contributed by atoms with Gasteiger partial charge in [0, 0.05) is 17.6 Å². The lowest BCUT2D eigenvalue weighted by Crippen LogP contribution is -2.35. The van der Waals surface area contributed by atoms with Crippen LogP contribution in [0.3, 0.4) is 0 Å². The minimum Gasteiger partial charge on any atom is -0.465 e. The van der Waals surface area contributed by atoms with Crippen molar-refractivity contribution in [3.63, 3.8) is 0 Å². The molecule has 0 aromatic heterocycles. The predicted molar refractivity (Wildman–Crippen MR) is 68.0 cm³/mol. The standard InChI is InChI=1S/C11H14BrFN2O2/c1-14(2)3-4-15(11(16)17)10-6-8(12)5-9(13)7-10/h5-7H,3-4H2,1-2H3,(H,16,17). The average molecular weight is 305 g/mol. The molecule has 0 saturated carbocycles. The normalized spacial score (nSPS) is 10.6. The number of hydrogen-bond donors (Lipinski definition) is 1. The van der Waals surface area contributed by atoms with Gasteiger partial charge in [-0.3, -0.25) is 4.90 Å². The van der Waals surface area contributed by atoms with Gasteiger partial charge in [-0.2, -0.15) is 0 Å². The van der Waals surface area contributed by atoms with Crippen LogP contribution in [-0.4, -0.2) is 43.3 Å². The van der Waals surface area contributed by atoms with Gasteiger partial charge in [0.05, 0.1) is 5.69 Å². The smallest absolute Gasteiger partial charge is 0.411 e. The van der Waals surface area contributed by atoms with E-state index in [1.807, 2.05) is 19.0 Å². The molecule has 17 heavy (non-hydrogen) atoms. The highest BCUT2D eigenvalue weighted by Crippen LogP contribution is 2.22. The number of hydrogen-bond acceptors (Lipinski definition) is 2. The monoisotopic (exact) mass is 304 g/mol. The van der Waals surface area contributed by atoms with E-state index >= 15 is 0 Å². The van der Waals surface area contributed by atoms with Crippen molar-refractivity contribution in [2.75, 3.05) is 32.1 Å². The summed E-state index contributed by atoms with van der Waals surface area (Å²) >= 11 is 3.14. The summed E-state index contributed by atoms with van der Waals surface area (Å²) in [5, 5.41) is 9.09. The van der Waals surface area contributed by atoms with Crippen LogP contribution in [0, 0.1) is 5.82 Å². The Kier molecular flexibility index (Phi) is 4.89. The molecule has 1 aromatic carbocycles. The molecule has 0 spiro atoms. The van der Waals surface area contributed by atoms with Crippen LogP contribution in [0.25, 0.3) is 0 Å². The number of carbonyl (C=O) groups is 1. The van der Waals surface area contributed by atoms with Gasteiger partial charge in [0.25, 0.3) is 0 Å². The number of halogens is 2. The van der Waals surface area contributed by atoms with E-state index in [0.29, 0.717) is 16.7 Å². The van der Waals surface area contributed by atoms with Crippen molar-refractivity contribution in [3.05, 3.63) is 28.5 Å². The molecule has 6 heteroatoms. The minimum absolute atomic E-state index is 0.290. The summed E-state index contributed by atoms with van der Waals surface area (Å²) < 4.78 is 13.7. The first-order chi connectivity index (χ1) is 7.90. The first-order valence-corrected chi connectivity index (χ1v) is 5.80. The minimum atomic E-state index is -1.09. The maximum absolute atomic E-state index is 13.2. The second-order valence-electron chi connectivity index (χ2n) is 3.87. The zero-order valence-electron chi connectivity index (χ0n) is 9.65. The molecule has 0 heterocycles. The van der Waals surface area contributed by atoms with Crippen LogP contribution in [0.1, 0.15) is 0 Å². The van der Waals surface area contributed by atoms with E-state index in [0.717, 1.165) is 4.90 Å². The van der Waals surface area contributed by atoms with Gasteiger partial charge in [-0.25, -0.2) is 9.18 Å². The Morgan fingerprint density at radius 1 is 1.35 bits per heavy atom. The molecule has 0 saturated heterocycles. The fraction of sp³-hybridized carbons (Fsp3) is 0.364. The Morgan fingerprint density at radius 2 is 2.00 bits per heavy atom. The van der Waals surface area contributed by atoms with Gasteiger partial charge in [-0.15, -0.1) is 0 Å². The van der Waals surface area contributed by atoms with Crippen molar-refractivity contribution in [1.29, 1.82) is 0 Å². The molecule has 0 aliphatic carbocycles. The quantitative estimate of drug-likeness (QED) is 0.930. The SMILES string of the molecule is CN(C)CCN(C(=O)O)c1cc(F)cc(Br)c1. The lowest BCUT2D eigenvalue weighted by atomic mass is 10.3. The van der Waals surface area contributed by atoms with Gasteiger partial charge in [0.15, 0.2) is 0 Å². The lowest BCUT2D eigenvalue weighted by molar-refractivity contribution is 0.201. The molecule has 0 bridgehead atoms. The van der Waals surface area contributed by atoms with Crippen LogP contribution >= 0.6 is 15.9 Å². The van der Waals surface area contributed by atoms with E-state index in [9.17, 15) is 9.18 Å². The number of benzene rings is 1. The van der Waals surface area contributed by atoms with Crippen molar-refractivity contribution in [2.45, 2.75) is 0 Å². The Balaban J connectivity index is 2.93. The highest BCUT2D eigenvalue weighted by atomic mass is 79.9. The number of amides is 1. The van der Waals surface area contributed by atoms with E-state index in [1.165, 1.54) is 12.1 Å². The molecule has 0 fully saturated rings. The third-order valence-electron chi connectivity index (χ3n) is 2.16. The molecule has 0 aliphatic rings. The van der Waals surface area contributed by atoms with E-state index in [4.69, 9.17) is 5.11 Å². The van der Waals surface area contributed by atoms with E-state index in [1.54, 1.807) is 6.07 Å². The van der Waals surface area contributed by atoms with Crippen LogP contribution in [0.5, 0.6) is 0 Å². The molecule has 0 unspecified atom stereocenters. The summed E-state index contributed by atoms with van der Waals surface area (Å²) in [6.07, 6.45) is -1.09. The number of rotatable bonds is 4. The number of carboxylic acid groups (broad SMARTS) is 1. The van der Waals surface area contributed by atoms with Crippen molar-refractivity contribution in [1.82, 2.24) is 4.90 Å². The predicted octanol–water partition coefficient (Wildman–Crippen LogP) is 2.63. The zero-order valence-corrected chi connectivity index (χ0v) is 11.2. The molecule has 1 aromatic rings. The lowest BCUT2D eigenvalue weighted by Gasteiger charge is -2.21. The third kappa shape index (κ3) is 4.32. The molecule has 0 radical (unpaired) electrons. The second-order valence-corrected chi connectivity index (χ2v) is 4.78. The first-order valence-electron chi connectivity index (χ1n) is 5.01. The van der Waals surface area contributed by atoms with Crippen LogP contribution < -0.4 is 4.90 Å². The Bertz CT molecular complexity index is 392. The highest BCUT2D eigenvalue weighted by Gasteiger charge is 2.15. The Morgan fingerprint density at radius 3 is 2.47 bits per heavy atom. The summed E-state index contributed by atoms with van der Waals surface area (Å²) in [6, 6.07) is 4.07. The van der Waals surface area contributed by atoms with Crippen LogP contribution in [0.15, 0.2) is 22.7 Å². The summed E-state index contributed by atoms with van der Waals surface area (Å²) in [5.41, 5.74) is 0.325. The largest absolute Gasteiger partial charge is 0.465 e. The van der Waals surface area contributed by atoms with E-state index in [2.05, 4.69) is 15.9 Å².